The fraction of sp³-hybridized carbons (Fsp3) is 0.364. The summed E-state index contributed by atoms with van der Waals surface area (Å²) in [6.07, 6.45) is 1.34. The highest BCUT2D eigenvalue weighted by Crippen LogP contribution is 2.17. The Morgan fingerprint density at radius 2 is 1.74 bits per heavy atom. The Balaban J connectivity index is 1.35. The molecule has 5 nitrogen and oxygen atoms in total. The summed E-state index contributed by atoms with van der Waals surface area (Å²) in [7, 11) is 0. The number of rotatable bonds is 7. The molecule has 0 fully saturated rings. The normalized spacial score (nSPS) is 14.9. The molecule has 5 heteroatoms. The Morgan fingerprint density at radius 1 is 1.04 bits per heavy atom. The van der Waals surface area contributed by atoms with Gasteiger partial charge in [-0.3, -0.25) is 14.5 Å². The lowest BCUT2D eigenvalue weighted by atomic mass is 10.00. The number of nitrogens with one attached hydrogen (secondary N) is 2. The molecule has 2 amide bonds. The van der Waals surface area contributed by atoms with Gasteiger partial charge >= 0.3 is 0 Å². The largest absolute Gasteiger partial charge is 0.355 e. The Labute approximate surface area is 160 Å². The maximum atomic E-state index is 12.1. The third kappa shape index (κ3) is 5.66. The van der Waals surface area contributed by atoms with Crippen LogP contribution in [-0.2, 0) is 17.8 Å². The number of nitrogens with zero attached hydrogens (tertiary/aromatic N) is 1. The molecule has 0 radical (unpaired) electrons. The molecule has 0 saturated carbocycles. The highest BCUT2D eigenvalue weighted by Gasteiger charge is 2.16. The van der Waals surface area contributed by atoms with Crippen molar-refractivity contribution in [3.05, 3.63) is 71.3 Å². The van der Waals surface area contributed by atoms with E-state index in [1.165, 1.54) is 11.1 Å². The number of carbonyl (C=O) groups excluding carboxylic acids is 2. The molecule has 1 heterocycles. The molecule has 0 saturated heterocycles. The molecular weight excluding hydrogens is 338 g/mol. The lowest BCUT2D eigenvalue weighted by Gasteiger charge is -2.28. The second-order valence-corrected chi connectivity index (χ2v) is 7.09. The standard InChI is InChI=1S/C22H27N3O2/c1-17(24-22(27)19-8-3-2-4-9-19)15-21(26)23-12-14-25-13-11-18-7-5-6-10-20(18)16-25/h2-10,17H,11-16H2,1H3,(H,23,26)(H,24,27)/t17-/m0/s1. The van der Waals surface area contributed by atoms with E-state index >= 15 is 0 Å². The summed E-state index contributed by atoms with van der Waals surface area (Å²) in [5, 5.41) is 5.83. The Kier molecular flexibility index (Phi) is 6.60. The summed E-state index contributed by atoms with van der Waals surface area (Å²) in [5.74, 6) is -0.184. The first-order valence-corrected chi connectivity index (χ1v) is 9.53. The molecule has 2 aromatic rings. The summed E-state index contributed by atoms with van der Waals surface area (Å²) in [6, 6.07) is 17.4. The number of fused-ring (bicyclic) bond motifs is 1. The van der Waals surface area contributed by atoms with E-state index in [1.54, 1.807) is 12.1 Å². The van der Waals surface area contributed by atoms with Crippen molar-refractivity contribution in [3.63, 3.8) is 0 Å². The van der Waals surface area contributed by atoms with Crippen molar-refractivity contribution in [2.45, 2.75) is 32.4 Å². The number of carbonyl (C=O) groups is 2. The molecule has 0 aliphatic carbocycles. The zero-order valence-electron chi connectivity index (χ0n) is 15.8. The number of benzene rings is 2. The molecule has 2 N–H and O–H groups in total. The minimum Gasteiger partial charge on any atom is -0.355 e. The lowest BCUT2D eigenvalue weighted by Crippen LogP contribution is -2.40. The van der Waals surface area contributed by atoms with Gasteiger partial charge in [0.15, 0.2) is 0 Å². The van der Waals surface area contributed by atoms with Crippen molar-refractivity contribution >= 4 is 11.8 Å². The van der Waals surface area contributed by atoms with Gasteiger partial charge in [-0.2, -0.15) is 0 Å². The van der Waals surface area contributed by atoms with Gasteiger partial charge in [-0.05, 0) is 36.6 Å². The van der Waals surface area contributed by atoms with Crippen molar-refractivity contribution in [1.29, 1.82) is 0 Å². The van der Waals surface area contributed by atoms with Crippen molar-refractivity contribution in [2.75, 3.05) is 19.6 Å². The van der Waals surface area contributed by atoms with Crippen LogP contribution in [0.25, 0.3) is 0 Å². The van der Waals surface area contributed by atoms with Crippen LogP contribution in [-0.4, -0.2) is 42.4 Å². The molecule has 0 spiro atoms. The summed E-state index contributed by atoms with van der Waals surface area (Å²) in [5.41, 5.74) is 3.42. The van der Waals surface area contributed by atoms with Crippen molar-refractivity contribution in [3.8, 4) is 0 Å². The van der Waals surface area contributed by atoms with Gasteiger partial charge in [0.1, 0.15) is 0 Å². The SMILES string of the molecule is C[C@@H](CC(=O)NCCN1CCc2ccccc2C1)NC(=O)c1ccccc1. The average molecular weight is 365 g/mol. The van der Waals surface area contributed by atoms with Gasteiger partial charge in [0.2, 0.25) is 5.91 Å². The van der Waals surface area contributed by atoms with Gasteiger partial charge in [-0.1, -0.05) is 42.5 Å². The quantitative estimate of drug-likeness (QED) is 0.792. The van der Waals surface area contributed by atoms with Crippen molar-refractivity contribution in [2.24, 2.45) is 0 Å². The topological polar surface area (TPSA) is 61.4 Å². The van der Waals surface area contributed by atoms with Crippen LogP contribution in [0.1, 0.15) is 34.8 Å². The second-order valence-electron chi connectivity index (χ2n) is 7.09. The highest BCUT2D eigenvalue weighted by atomic mass is 16.2. The number of amides is 2. The molecular formula is C22H27N3O2. The van der Waals surface area contributed by atoms with E-state index in [0.29, 0.717) is 12.1 Å². The fourth-order valence-corrected chi connectivity index (χ4v) is 3.40. The predicted molar refractivity (Wildman–Crippen MR) is 106 cm³/mol. The summed E-state index contributed by atoms with van der Waals surface area (Å²) >= 11 is 0. The zero-order valence-corrected chi connectivity index (χ0v) is 15.8. The molecule has 0 unspecified atom stereocenters. The van der Waals surface area contributed by atoms with Gasteiger partial charge < -0.3 is 10.6 Å². The molecule has 1 aliphatic rings. The van der Waals surface area contributed by atoms with Crippen LogP contribution in [0.5, 0.6) is 0 Å². The molecule has 0 aromatic heterocycles. The van der Waals surface area contributed by atoms with E-state index < -0.39 is 0 Å². The highest BCUT2D eigenvalue weighted by molar-refractivity contribution is 5.94. The first kappa shape index (κ1) is 19.1. The maximum Gasteiger partial charge on any atom is 0.251 e. The third-order valence-corrected chi connectivity index (χ3v) is 4.86. The molecule has 3 rings (SSSR count). The lowest BCUT2D eigenvalue weighted by molar-refractivity contribution is -0.121. The number of hydrogen-bond acceptors (Lipinski definition) is 3. The maximum absolute atomic E-state index is 12.1. The molecule has 1 aliphatic heterocycles. The molecule has 142 valence electrons. The van der Waals surface area contributed by atoms with Crippen LogP contribution in [0, 0.1) is 0 Å². The van der Waals surface area contributed by atoms with Crippen molar-refractivity contribution in [1.82, 2.24) is 15.5 Å². The zero-order chi connectivity index (χ0) is 19.1. The van der Waals surface area contributed by atoms with E-state index in [-0.39, 0.29) is 24.3 Å². The first-order chi connectivity index (χ1) is 13.1. The Morgan fingerprint density at radius 3 is 2.52 bits per heavy atom. The Bertz CT molecular complexity index is 776. The summed E-state index contributed by atoms with van der Waals surface area (Å²) < 4.78 is 0. The molecule has 2 aromatic carbocycles. The third-order valence-electron chi connectivity index (χ3n) is 4.86. The first-order valence-electron chi connectivity index (χ1n) is 9.53. The van der Waals surface area contributed by atoms with E-state index in [2.05, 4.69) is 39.8 Å². The van der Waals surface area contributed by atoms with Gasteiger partial charge in [0.05, 0.1) is 0 Å². The van der Waals surface area contributed by atoms with E-state index in [0.717, 1.165) is 26.1 Å². The monoisotopic (exact) mass is 365 g/mol. The van der Waals surface area contributed by atoms with Gasteiger partial charge in [-0.15, -0.1) is 0 Å². The van der Waals surface area contributed by atoms with Gasteiger partial charge in [0, 0.05) is 44.2 Å². The predicted octanol–water partition coefficient (Wildman–Crippen LogP) is 2.37. The van der Waals surface area contributed by atoms with Crippen molar-refractivity contribution < 1.29 is 9.59 Å². The van der Waals surface area contributed by atoms with Crippen LogP contribution in [0.3, 0.4) is 0 Å². The fourth-order valence-electron chi connectivity index (χ4n) is 3.40. The number of hydrogen-bond donors (Lipinski definition) is 2. The molecule has 1 atom stereocenters. The van der Waals surface area contributed by atoms with Crippen LogP contribution in [0.4, 0.5) is 0 Å². The van der Waals surface area contributed by atoms with E-state index in [9.17, 15) is 9.59 Å². The van der Waals surface area contributed by atoms with Crippen LogP contribution < -0.4 is 10.6 Å². The van der Waals surface area contributed by atoms with Crippen LogP contribution in [0.15, 0.2) is 54.6 Å². The molecule has 27 heavy (non-hydrogen) atoms. The summed E-state index contributed by atoms with van der Waals surface area (Å²) in [6.45, 7) is 5.28. The second kappa shape index (κ2) is 9.33. The van der Waals surface area contributed by atoms with E-state index in [4.69, 9.17) is 0 Å². The van der Waals surface area contributed by atoms with Crippen LogP contribution >= 0.6 is 0 Å². The van der Waals surface area contributed by atoms with Crippen LogP contribution in [0.2, 0.25) is 0 Å². The smallest absolute Gasteiger partial charge is 0.251 e. The van der Waals surface area contributed by atoms with E-state index in [1.807, 2.05) is 25.1 Å². The molecule has 0 bridgehead atoms. The minimum atomic E-state index is -0.209. The Hall–Kier alpha value is -2.66. The summed E-state index contributed by atoms with van der Waals surface area (Å²) in [4.78, 5) is 26.6. The van der Waals surface area contributed by atoms with Gasteiger partial charge in [0.25, 0.3) is 5.91 Å². The van der Waals surface area contributed by atoms with Gasteiger partial charge in [-0.25, -0.2) is 0 Å². The minimum absolute atomic E-state index is 0.0340. The average Bonchev–Trinajstić information content (AvgIpc) is 2.68.